The molecule has 0 unspecified atom stereocenters. The van der Waals surface area contributed by atoms with Crippen molar-refractivity contribution in [2.45, 2.75) is 12.7 Å². The van der Waals surface area contributed by atoms with Gasteiger partial charge in [-0.2, -0.15) is 0 Å². The van der Waals surface area contributed by atoms with Gasteiger partial charge in [-0.1, -0.05) is 48.0 Å². The number of thioether (sulfide) groups is 1. The third-order valence-electron chi connectivity index (χ3n) is 4.51. The number of aromatic nitrogens is 1. The Balaban J connectivity index is 1.43. The molecule has 1 N–H and O–H groups in total. The molecule has 1 aromatic heterocycles. The number of aryl methyl sites for hydroxylation is 1. The molecule has 1 heterocycles. The van der Waals surface area contributed by atoms with Crippen LogP contribution in [-0.4, -0.2) is 16.6 Å². The highest BCUT2D eigenvalue weighted by molar-refractivity contribution is 7.99. The highest BCUT2D eigenvalue weighted by Gasteiger charge is 2.10. The first-order chi connectivity index (χ1) is 14.6. The van der Waals surface area contributed by atoms with E-state index in [2.05, 4.69) is 35.4 Å². The second kappa shape index (κ2) is 8.97. The molecule has 150 valence electrons. The summed E-state index contributed by atoms with van der Waals surface area (Å²) in [6, 6.07) is 22.5. The lowest BCUT2D eigenvalue weighted by Crippen LogP contribution is -2.14. The standard InChI is InChI=1S/C24H20N2O3S/c1-16-6-4-7-17(12-16)14-30-15-22(27)25-19-9-5-8-18(13-19)23-26-21-11-3-2-10-20(21)24(28)29-23/h2-13H,14-15H2,1H3,(H,25,27). The van der Waals surface area contributed by atoms with Crippen LogP contribution in [0.4, 0.5) is 5.69 Å². The minimum atomic E-state index is -0.433. The summed E-state index contributed by atoms with van der Waals surface area (Å²) in [7, 11) is 0. The Kier molecular flexibility index (Phi) is 5.95. The zero-order valence-corrected chi connectivity index (χ0v) is 17.2. The van der Waals surface area contributed by atoms with Crippen LogP contribution in [0.2, 0.25) is 0 Å². The van der Waals surface area contributed by atoms with Crippen molar-refractivity contribution in [3.63, 3.8) is 0 Å². The number of carbonyl (C=O) groups is 1. The number of hydrogen-bond acceptors (Lipinski definition) is 5. The first-order valence-electron chi connectivity index (χ1n) is 9.52. The minimum Gasteiger partial charge on any atom is -0.403 e. The summed E-state index contributed by atoms with van der Waals surface area (Å²) in [5.41, 5.74) is 3.81. The first-order valence-corrected chi connectivity index (χ1v) is 10.7. The van der Waals surface area contributed by atoms with Crippen LogP contribution in [0.1, 0.15) is 11.1 Å². The van der Waals surface area contributed by atoms with Gasteiger partial charge in [0.15, 0.2) is 0 Å². The maximum Gasteiger partial charge on any atom is 0.347 e. The Morgan fingerprint density at radius 3 is 2.73 bits per heavy atom. The van der Waals surface area contributed by atoms with Crippen molar-refractivity contribution in [3.8, 4) is 11.5 Å². The molecule has 0 saturated carbocycles. The molecule has 0 aliphatic rings. The van der Waals surface area contributed by atoms with Gasteiger partial charge in [0.1, 0.15) is 0 Å². The maximum atomic E-state index is 12.3. The normalized spacial score (nSPS) is 10.8. The van der Waals surface area contributed by atoms with E-state index in [0.717, 1.165) is 5.75 Å². The zero-order valence-electron chi connectivity index (χ0n) is 16.4. The number of nitrogens with one attached hydrogen (secondary N) is 1. The molecule has 4 aromatic rings. The van der Waals surface area contributed by atoms with Crippen molar-refractivity contribution in [2.75, 3.05) is 11.1 Å². The van der Waals surface area contributed by atoms with Gasteiger partial charge in [0.05, 0.1) is 16.7 Å². The van der Waals surface area contributed by atoms with Gasteiger partial charge in [-0.3, -0.25) is 4.79 Å². The number of para-hydroxylation sites is 1. The average molecular weight is 417 g/mol. The molecule has 0 atom stereocenters. The van der Waals surface area contributed by atoms with E-state index in [9.17, 15) is 9.59 Å². The predicted molar refractivity (Wildman–Crippen MR) is 122 cm³/mol. The molecular weight excluding hydrogens is 396 g/mol. The third-order valence-corrected chi connectivity index (χ3v) is 5.52. The molecule has 0 radical (unpaired) electrons. The van der Waals surface area contributed by atoms with Crippen LogP contribution in [0.5, 0.6) is 0 Å². The van der Waals surface area contributed by atoms with E-state index in [-0.39, 0.29) is 11.8 Å². The van der Waals surface area contributed by atoms with E-state index in [1.165, 1.54) is 11.1 Å². The summed E-state index contributed by atoms with van der Waals surface area (Å²) in [6.45, 7) is 2.06. The van der Waals surface area contributed by atoms with Crippen molar-refractivity contribution >= 4 is 34.3 Å². The van der Waals surface area contributed by atoms with Crippen LogP contribution in [-0.2, 0) is 10.5 Å². The van der Waals surface area contributed by atoms with Crippen LogP contribution in [0.25, 0.3) is 22.4 Å². The molecule has 0 spiro atoms. The average Bonchev–Trinajstić information content (AvgIpc) is 2.74. The number of fused-ring (bicyclic) bond motifs is 1. The molecule has 6 heteroatoms. The van der Waals surface area contributed by atoms with Crippen LogP contribution in [0.15, 0.2) is 82.0 Å². The van der Waals surface area contributed by atoms with E-state index < -0.39 is 5.63 Å². The Labute approximate surface area is 178 Å². The lowest BCUT2D eigenvalue weighted by Gasteiger charge is -2.08. The van der Waals surface area contributed by atoms with Gasteiger partial charge in [-0.25, -0.2) is 9.78 Å². The lowest BCUT2D eigenvalue weighted by atomic mass is 10.2. The molecule has 1 amide bonds. The maximum absolute atomic E-state index is 12.3. The molecule has 3 aromatic carbocycles. The van der Waals surface area contributed by atoms with Gasteiger partial charge in [-0.15, -0.1) is 11.8 Å². The van der Waals surface area contributed by atoms with E-state index in [1.807, 2.05) is 12.1 Å². The van der Waals surface area contributed by atoms with E-state index in [1.54, 1.807) is 54.2 Å². The molecule has 0 fully saturated rings. The molecule has 30 heavy (non-hydrogen) atoms. The quantitative estimate of drug-likeness (QED) is 0.477. The third kappa shape index (κ3) is 4.78. The number of nitrogens with zero attached hydrogens (tertiary/aromatic N) is 1. The summed E-state index contributed by atoms with van der Waals surface area (Å²) in [5, 5.41) is 3.34. The number of carbonyl (C=O) groups excluding carboxylic acids is 1. The van der Waals surface area contributed by atoms with Crippen molar-refractivity contribution in [1.29, 1.82) is 0 Å². The number of amides is 1. The van der Waals surface area contributed by atoms with Crippen molar-refractivity contribution < 1.29 is 9.21 Å². The molecule has 0 aliphatic heterocycles. The monoisotopic (exact) mass is 416 g/mol. The van der Waals surface area contributed by atoms with Crippen LogP contribution >= 0.6 is 11.8 Å². The Hall–Kier alpha value is -3.38. The van der Waals surface area contributed by atoms with Gasteiger partial charge in [0.2, 0.25) is 11.8 Å². The van der Waals surface area contributed by atoms with Gasteiger partial charge >= 0.3 is 5.63 Å². The summed E-state index contributed by atoms with van der Waals surface area (Å²) in [6.07, 6.45) is 0. The van der Waals surface area contributed by atoms with Gasteiger partial charge in [-0.05, 0) is 42.8 Å². The molecule has 4 rings (SSSR count). The smallest absolute Gasteiger partial charge is 0.347 e. The summed E-state index contributed by atoms with van der Waals surface area (Å²) < 4.78 is 5.38. The van der Waals surface area contributed by atoms with Gasteiger partial charge in [0.25, 0.3) is 0 Å². The fourth-order valence-corrected chi connectivity index (χ4v) is 3.91. The number of anilines is 1. The second-order valence-electron chi connectivity index (χ2n) is 6.93. The van der Waals surface area contributed by atoms with E-state index in [4.69, 9.17) is 4.42 Å². The Bertz CT molecular complexity index is 1270. The zero-order chi connectivity index (χ0) is 20.9. The second-order valence-corrected chi connectivity index (χ2v) is 7.92. The Morgan fingerprint density at radius 2 is 1.87 bits per heavy atom. The van der Waals surface area contributed by atoms with Crippen LogP contribution in [0.3, 0.4) is 0 Å². The molecule has 0 aliphatic carbocycles. The number of benzene rings is 3. The highest BCUT2D eigenvalue weighted by atomic mass is 32.2. The molecular formula is C24H20N2O3S. The summed E-state index contributed by atoms with van der Waals surface area (Å²) >= 11 is 1.56. The molecule has 0 bridgehead atoms. The van der Waals surface area contributed by atoms with E-state index in [0.29, 0.717) is 27.9 Å². The first kappa shape index (κ1) is 19.9. The summed E-state index contributed by atoms with van der Waals surface area (Å²) in [5.74, 6) is 1.27. The predicted octanol–water partition coefficient (Wildman–Crippen LogP) is 5.04. The van der Waals surface area contributed by atoms with Crippen LogP contribution in [0, 0.1) is 6.92 Å². The van der Waals surface area contributed by atoms with Crippen molar-refractivity contribution in [3.05, 3.63) is 94.3 Å². The largest absolute Gasteiger partial charge is 0.403 e. The number of rotatable bonds is 6. The van der Waals surface area contributed by atoms with Crippen molar-refractivity contribution in [2.24, 2.45) is 0 Å². The fraction of sp³-hybridized carbons (Fsp3) is 0.125. The topological polar surface area (TPSA) is 72.2 Å². The number of hydrogen-bond donors (Lipinski definition) is 1. The minimum absolute atomic E-state index is 0.0854. The lowest BCUT2D eigenvalue weighted by molar-refractivity contribution is -0.113. The van der Waals surface area contributed by atoms with Crippen molar-refractivity contribution in [1.82, 2.24) is 4.98 Å². The SMILES string of the molecule is Cc1cccc(CSCC(=O)Nc2cccc(-c3nc4ccccc4c(=O)o3)c2)c1. The van der Waals surface area contributed by atoms with Crippen LogP contribution < -0.4 is 10.9 Å². The van der Waals surface area contributed by atoms with E-state index >= 15 is 0 Å². The summed E-state index contributed by atoms with van der Waals surface area (Å²) in [4.78, 5) is 29.0. The fourth-order valence-electron chi connectivity index (χ4n) is 3.13. The Morgan fingerprint density at radius 1 is 1.03 bits per heavy atom. The van der Waals surface area contributed by atoms with Gasteiger partial charge < -0.3 is 9.73 Å². The highest BCUT2D eigenvalue weighted by Crippen LogP contribution is 2.22. The molecule has 5 nitrogen and oxygen atoms in total. The van der Waals surface area contributed by atoms with Gasteiger partial charge in [0, 0.05) is 17.0 Å². The molecule has 0 saturated heterocycles.